The zero-order valence-corrected chi connectivity index (χ0v) is 14.2. The Kier molecular flexibility index (Phi) is 4.55. The van der Waals surface area contributed by atoms with Crippen molar-refractivity contribution < 1.29 is 9.59 Å². The summed E-state index contributed by atoms with van der Waals surface area (Å²) in [5, 5.41) is 0. The molecule has 8 nitrogen and oxygen atoms in total. The molecule has 0 spiro atoms. The zero-order valence-electron chi connectivity index (χ0n) is 14.2. The van der Waals surface area contributed by atoms with Crippen molar-refractivity contribution >= 4 is 23.6 Å². The van der Waals surface area contributed by atoms with Crippen LogP contribution in [0.4, 0.5) is 11.8 Å². The van der Waals surface area contributed by atoms with Crippen LogP contribution in [0.1, 0.15) is 19.3 Å². The fraction of sp³-hybridized carbons (Fsp3) is 0.625. The summed E-state index contributed by atoms with van der Waals surface area (Å²) in [6.07, 6.45) is 3.77. The summed E-state index contributed by atoms with van der Waals surface area (Å²) in [4.78, 5) is 38.2. The van der Waals surface area contributed by atoms with E-state index in [4.69, 9.17) is 5.73 Å². The van der Waals surface area contributed by atoms with Crippen molar-refractivity contribution in [2.75, 3.05) is 43.5 Å². The summed E-state index contributed by atoms with van der Waals surface area (Å²) in [5.74, 6) is 0.943. The number of likely N-dealkylation sites (tertiary alicyclic amines) is 1. The molecule has 0 aliphatic carbocycles. The van der Waals surface area contributed by atoms with Gasteiger partial charge in [-0.3, -0.25) is 9.59 Å². The van der Waals surface area contributed by atoms with E-state index in [0.29, 0.717) is 12.5 Å². The van der Waals surface area contributed by atoms with Crippen molar-refractivity contribution in [3.63, 3.8) is 0 Å². The molecular formula is C16H24N6O2. The minimum absolute atomic E-state index is 0.0502. The van der Waals surface area contributed by atoms with Gasteiger partial charge in [-0.15, -0.1) is 0 Å². The Morgan fingerprint density at radius 1 is 1.33 bits per heavy atom. The molecule has 2 fully saturated rings. The van der Waals surface area contributed by atoms with Crippen LogP contribution in [0, 0.1) is 5.92 Å². The van der Waals surface area contributed by atoms with E-state index in [9.17, 15) is 9.59 Å². The van der Waals surface area contributed by atoms with Crippen molar-refractivity contribution in [3.8, 4) is 0 Å². The van der Waals surface area contributed by atoms with Crippen LogP contribution in [-0.2, 0) is 9.59 Å². The molecule has 0 saturated carbocycles. The number of primary amides is 1. The molecule has 2 aliphatic rings. The number of anilines is 2. The maximum absolute atomic E-state index is 12.1. The summed E-state index contributed by atoms with van der Waals surface area (Å²) >= 11 is 0. The van der Waals surface area contributed by atoms with Gasteiger partial charge in [-0.25, -0.2) is 4.98 Å². The molecule has 8 heteroatoms. The predicted octanol–water partition coefficient (Wildman–Crippen LogP) is -0.155. The molecule has 24 heavy (non-hydrogen) atoms. The highest BCUT2D eigenvalue weighted by molar-refractivity contribution is 5.88. The number of nitrogens with zero attached hydrogens (tertiary/aromatic N) is 5. The van der Waals surface area contributed by atoms with Gasteiger partial charge in [0.1, 0.15) is 5.82 Å². The van der Waals surface area contributed by atoms with Crippen LogP contribution < -0.4 is 15.5 Å². The van der Waals surface area contributed by atoms with Gasteiger partial charge < -0.3 is 20.4 Å². The van der Waals surface area contributed by atoms with E-state index in [1.54, 1.807) is 6.20 Å². The van der Waals surface area contributed by atoms with Gasteiger partial charge in [0.25, 0.3) is 0 Å². The monoisotopic (exact) mass is 332 g/mol. The van der Waals surface area contributed by atoms with Crippen LogP contribution >= 0.6 is 0 Å². The van der Waals surface area contributed by atoms with E-state index < -0.39 is 0 Å². The average molecular weight is 332 g/mol. The first-order valence-electron chi connectivity index (χ1n) is 8.30. The molecule has 3 heterocycles. The van der Waals surface area contributed by atoms with Crippen molar-refractivity contribution in [2.24, 2.45) is 11.7 Å². The molecule has 3 rings (SSSR count). The van der Waals surface area contributed by atoms with Crippen molar-refractivity contribution in [2.45, 2.75) is 25.3 Å². The van der Waals surface area contributed by atoms with Crippen LogP contribution in [0.5, 0.6) is 0 Å². The minimum atomic E-state index is -0.375. The summed E-state index contributed by atoms with van der Waals surface area (Å²) in [6, 6.07) is 2.10. The molecule has 0 radical (unpaired) electrons. The SMILES string of the molecule is CN(C)c1nccc(N2CCC(N3CC(C(N)=O)CC3=O)CC2)n1. The third kappa shape index (κ3) is 3.27. The number of carbonyl (C=O) groups excluding carboxylic acids is 2. The Morgan fingerprint density at radius 3 is 2.62 bits per heavy atom. The highest BCUT2D eigenvalue weighted by atomic mass is 16.2. The summed E-state index contributed by atoms with van der Waals surface area (Å²) in [5.41, 5.74) is 5.34. The number of hydrogen-bond donors (Lipinski definition) is 1. The van der Waals surface area contributed by atoms with Gasteiger partial charge in [0.15, 0.2) is 0 Å². The minimum Gasteiger partial charge on any atom is -0.369 e. The molecule has 2 saturated heterocycles. The summed E-state index contributed by atoms with van der Waals surface area (Å²) in [6.45, 7) is 2.14. The average Bonchev–Trinajstić information content (AvgIpc) is 2.97. The maximum Gasteiger partial charge on any atom is 0.226 e. The molecule has 0 aromatic carbocycles. The summed E-state index contributed by atoms with van der Waals surface area (Å²) in [7, 11) is 3.83. The lowest BCUT2D eigenvalue weighted by molar-refractivity contribution is -0.130. The normalized spacial score (nSPS) is 22.1. The second-order valence-electron chi connectivity index (χ2n) is 6.68. The fourth-order valence-corrected chi connectivity index (χ4v) is 3.41. The first-order valence-corrected chi connectivity index (χ1v) is 8.30. The van der Waals surface area contributed by atoms with Gasteiger partial charge in [-0.1, -0.05) is 0 Å². The number of carbonyl (C=O) groups is 2. The van der Waals surface area contributed by atoms with Crippen LogP contribution in [0.15, 0.2) is 12.3 Å². The maximum atomic E-state index is 12.1. The van der Waals surface area contributed by atoms with Crippen LogP contribution in [0.3, 0.4) is 0 Å². The van der Waals surface area contributed by atoms with Gasteiger partial charge in [0.2, 0.25) is 17.8 Å². The number of rotatable bonds is 4. The standard InChI is InChI=1S/C16H24N6O2/c1-20(2)16-18-6-3-13(19-16)21-7-4-12(5-8-21)22-10-11(15(17)24)9-14(22)23/h3,6,11-12H,4-5,7-10H2,1-2H3,(H2,17,24). The molecular weight excluding hydrogens is 308 g/mol. The van der Waals surface area contributed by atoms with E-state index in [-0.39, 0.29) is 30.2 Å². The van der Waals surface area contributed by atoms with E-state index in [1.807, 2.05) is 30.0 Å². The smallest absolute Gasteiger partial charge is 0.226 e. The van der Waals surface area contributed by atoms with Crippen LogP contribution in [-0.4, -0.2) is 66.5 Å². The number of amides is 2. The topological polar surface area (TPSA) is 95.7 Å². The fourth-order valence-electron chi connectivity index (χ4n) is 3.41. The van der Waals surface area contributed by atoms with Gasteiger partial charge in [0, 0.05) is 52.4 Å². The Morgan fingerprint density at radius 2 is 2.04 bits per heavy atom. The molecule has 130 valence electrons. The van der Waals surface area contributed by atoms with Crippen LogP contribution in [0.2, 0.25) is 0 Å². The quantitative estimate of drug-likeness (QED) is 0.823. The number of hydrogen-bond acceptors (Lipinski definition) is 6. The van der Waals surface area contributed by atoms with E-state index in [0.717, 1.165) is 31.7 Å². The van der Waals surface area contributed by atoms with Crippen molar-refractivity contribution in [1.82, 2.24) is 14.9 Å². The second kappa shape index (κ2) is 6.62. The second-order valence-corrected chi connectivity index (χ2v) is 6.68. The third-order valence-electron chi connectivity index (χ3n) is 4.82. The molecule has 2 amide bonds. The highest BCUT2D eigenvalue weighted by Crippen LogP contribution is 2.27. The number of aromatic nitrogens is 2. The lowest BCUT2D eigenvalue weighted by Crippen LogP contribution is -2.46. The van der Waals surface area contributed by atoms with E-state index in [2.05, 4.69) is 14.9 Å². The van der Waals surface area contributed by atoms with Gasteiger partial charge >= 0.3 is 0 Å². The predicted molar refractivity (Wildman–Crippen MR) is 90.6 cm³/mol. The Bertz CT molecular complexity index is 627. The molecule has 0 bridgehead atoms. The van der Waals surface area contributed by atoms with Crippen LogP contribution in [0.25, 0.3) is 0 Å². The zero-order chi connectivity index (χ0) is 17.3. The Hall–Kier alpha value is -2.38. The highest BCUT2D eigenvalue weighted by Gasteiger charge is 2.38. The van der Waals surface area contributed by atoms with E-state index >= 15 is 0 Å². The molecule has 1 atom stereocenters. The molecule has 1 unspecified atom stereocenters. The first-order chi connectivity index (χ1) is 11.5. The van der Waals surface area contributed by atoms with Gasteiger partial charge in [-0.2, -0.15) is 4.98 Å². The number of piperidine rings is 1. The molecule has 1 aromatic heterocycles. The van der Waals surface area contributed by atoms with Gasteiger partial charge in [0.05, 0.1) is 5.92 Å². The summed E-state index contributed by atoms with van der Waals surface area (Å²) < 4.78 is 0. The van der Waals surface area contributed by atoms with E-state index in [1.165, 1.54) is 0 Å². The number of nitrogens with two attached hydrogens (primary N) is 1. The van der Waals surface area contributed by atoms with Crippen molar-refractivity contribution in [1.29, 1.82) is 0 Å². The lowest BCUT2D eigenvalue weighted by atomic mass is 10.0. The van der Waals surface area contributed by atoms with Crippen molar-refractivity contribution in [3.05, 3.63) is 12.3 Å². The van der Waals surface area contributed by atoms with Gasteiger partial charge in [-0.05, 0) is 18.9 Å². The first kappa shape index (κ1) is 16.5. The largest absolute Gasteiger partial charge is 0.369 e. The third-order valence-corrected chi connectivity index (χ3v) is 4.82. The molecule has 2 N–H and O–H groups in total. The Balaban J connectivity index is 1.61. The molecule has 2 aliphatic heterocycles. The molecule has 1 aromatic rings. The lowest BCUT2D eigenvalue weighted by Gasteiger charge is -2.37. The Labute approximate surface area is 141 Å².